The predicted octanol–water partition coefficient (Wildman–Crippen LogP) is 2.03. The molecule has 0 radical (unpaired) electrons. The monoisotopic (exact) mass is 259 g/mol. The molecule has 0 aliphatic heterocycles. The Labute approximate surface area is 104 Å². The number of rotatable bonds is 2. The van der Waals surface area contributed by atoms with E-state index >= 15 is 0 Å². The number of hydrogen-bond acceptors (Lipinski definition) is 4. The van der Waals surface area contributed by atoms with Crippen LogP contribution in [0.4, 0.5) is 0 Å². The summed E-state index contributed by atoms with van der Waals surface area (Å²) in [6, 6.07) is 6.47. The van der Waals surface area contributed by atoms with Crippen molar-refractivity contribution >= 4 is 23.5 Å². The van der Waals surface area contributed by atoms with Crippen LogP contribution in [-0.4, -0.2) is 23.7 Å². The molecule has 0 spiro atoms. The van der Waals surface area contributed by atoms with E-state index < -0.39 is 5.91 Å². The zero-order chi connectivity index (χ0) is 13.3. The van der Waals surface area contributed by atoms with Crippen LogP contribution in [-0.2, 0) is 9.53 Å². The molecular formula is C11H14ClNO4. The molecule has 6 heteroatoms. The van der Waals surface area contributed by atoms with E-state index in [1.165, 1.54) is 18.5 Å². The van der Waals surface area contributed by atoms with Crippen molar-refractivity contribution in [2.75, 3.05) is 6.61 Å². The fourth-order valence-corrected chi connectivity index (χ4v) is 1.13. The van der Waals surface area contributed by atoms with Gasteiger partial charge in [-0.2, -0.15) is 0 Å². The van der Waals surface area contributed by atoms with Gasteiger partial charge in [-0.25, -0.2) is 5.48 Å². The summed E-state index contributed by atoms with van der Waals surface area (Å²) in [5.41, 5.74) is 1.76. The fraction of sp³-hybridized carbons (Fsp3) is 0.273. The van der Waals surface area contributed by atoms with Gasteiger partial charge in [0.05, 0.1) is 17.2 Å². The minimum Gasteiger partial charge on any atom is -0.466 e. The number of ether oxygens (including phenoxy) is 1. The molecule has 0 aliphatic carbocycles. The van der Waals surface area contributed by atoms with Crippen molar-refractivity contribution in [2.24, 2.45) is 0 Å². The summed E-state index contributed by atoms with van der Waals surface area (Å²) in [5, 5.41) is 8.57. The summed E-state index contributed by atoms with van der Waals surface area (Å²) < 4.78 is 4.40. The average Bonchev–Trinajstić information content (AvgIpc) is 2.29. The van der Waals surface area contributed by atoms with E-state index in [9.17, 15) is 9.59 Å². The van der Waals surface area contributed by atoms with Crippen molar-refractivity contribution in [3.05, 3.63) is 34.9 Å². The standard InChI is InChI=1S/C7H6ClNO2.C4H8O2/c8-6-4-2-1-3-5(6)7(10)9-11;1-3-6-4(2)5/h1-4,11H,(H,9,10);3H2,1-2H3. The third-order valence-corrected chi connectivity index (χ3v) is 1.90. The normalized spacial score (nSPS) is 8.71. The summed E-state index contributed by atoms with van der Waals surface area (Å²) in [6.45, 7) is 3.65. The van der Waals surface area contributed by atoms with Crippen LogP contribution in [0.15, 0.2) is 24.3 Å². The number of nitrogens with one attached hydrogen (secondary N) is 1. The lowest BCUT2D eigenvalue weighted by molar-refractivity contribution is -0.140. The number of carbonyl (C=O) groups excluding carboxylic acids is 2. The van der Waals surface area contributed by atoms with Crippen molar-refractivity contribution in [2.45, 2.75) is 13.8 Å². The molecule has 5 nitrogen and oxygen atoms in total. The van der Waals surface area contributed by atoms with Gasteiger partial charge in [0.15, 0.2) is 0 Å². The molecule has 1 rings (SSSR count). The van der Waals surface area contributed by atoms with E-state index in [0.717, 1.165) is 0 Å². The summed E-state index contributed by atoms with van der Waals surface area (Å²) in [6.07, 6.45) is 0. The first-order chi connectivity index (χ1) is 8.02. The quantitative estimate of drug-likeness (QED) is 0.484. The van der Waals surface area contributed by atoms with Crippen molar-refractivity contribution in [1.29, 1.82) is 0 Å². The second kappa shape index (κ2) is 8.55. The van der Waals surface area contributed by atoms with Gasteiger partial charge in [0.25, 0.3) is 5.91 Å². The van der Waals surface area contributed by atoms with E-state index in [0.29, 0.717) is 11.6 Å². The van der Waals surface area contributed by atoms with Crippen molar-refractivity contribution in [1.82, 2.24) is 5.48 Å². The van der Waals surface area contributed by atoms with Crippen LogP contribution in [0.3, 0.4) is 0 Å². The van der Waals surface area contributed by atoms with Gasteiger partial charge < -0.3 is 4.74 Å². The van der Waals surface area contributed by atoms with Crippen LogP contribution >= 0.6 is 11.6 Å². The van der Waals surface area contributed by atoms with Crippen molar-refractivity contribution in [3.63, 3.8) is 0 Å². The topological polar surface area (TPSA) is 75.6 Å². The first-order valence-electron chi connectivity index (χ1n) is 4.85. The zero-order valence-corrected chi connectivity index (χ0v) is 10.3. The Morgan fingerprint density at radius 1 is 1.41 bits per heavy atom. The Balaban J connectivity index is 0.000000366. The van der Waals surface area contributed by atoms with Gasteiger partial charge in [0.2, 0.25) is 0 Å². The van der Waals surface area contributed by atoms with Crippen molar-refractivity contribution in [3.8, 4) is 0 Å². The molecule has 0 heterocycles. The van der Waals surface area contributed by atoms with E-state index in [1.807, 2.05) is 0 Å². The molecule has 1 aromatic carbocycles. The van der Waals surface area contributed by atoms with Gasteiger partial charge in [0, 0.05) is 6.92 Å². The van der Waals surface area contributed by atoms with E-state index in [-0.39, 0.29) is 11.5 Å². The van der Waals surface area contributed by atoms with Crippen molar-refractivity contribution < 1.29 is 19.5 Å². The molecule has 1 aromatic rings. The molecule has 1 amide bonds. The Morgan fingerprint density at radius 3 is 2.35 bits per heavy atom. The molecular weight excluding hydrogens is 246 g/mol. The van der Waals surface area contributed by atoms with Crippen LogP contribution in [0, 0.1) is 0 Å². The van der Waals surface area contributed by atoms with Gasteiger partial charge in [-0.1, -0.05) is 23.7 Å². The van der Waals surface area contributed by atoms with Crippen LogP contribution < -0.4 is 5.48 Å². The first-order valence-corrected chi connectivity index (χ1v) is 5.23. The highest BCUT2D eigenvalue weighted by molar-refractivity contribution is 6.33. The fourth-order valence-electron chi connectivity index (χ4n) is 0.909. The number of benzene rings is 1. The van der Waals surface area contributed by atoms with E-state index in [1.54, 1.807) is 25.1 Å². The minimum atomic E-state index is -0.601. The van der Waals surface area contributed by atoms with Gasteiger partial charge >= 0.3 is 5.97 Å². The molecule has 0 aromatic heterocycles. The maximum absolute atomic E-state index is 10.8. The highest BCUT2D eigenvalue weighted by Crippen LogP contribution is 2.13. The number of halogens is 1. The number of esters is 1. The second-order valence-electron chi connectivity index (χ2n) is 2.85. The average molecular weight is 260 g/mol. The first kappa shape index (κ1) is 15.4. The number of amides is 1. The van der Waals surface area contributed by atoms with Gasteiger partial charge in [-0.3, -0.25) is 14.8 Å². The molecule has 0 atom stereocenters. The van der Waals surface area contributed by atoms with Crippen LogP contribution in [0.5, 0.6) is 0 Å². The summed E-state index contributed by atoms with van der Waals surface area (Å²) >= 11 is 5.63. The molecule has 0 saturated heterocycles. The van der Waals surface area contributed by atoms with Gasteiger partial charge in [-0.05, 0) is 19.1 Å². The van der Waals surface area contributed by atoms with Crippen LogP contribution in [0.1, 0.15) is 24.2 Å². The van der Waals surface area contributed by atoms with Gasteiger partial charge in [0.1, 0.15) is 0 Å². The molecule has 94 valence electrons. The third kappa shape index (κ3) is 6.55. The highest BCUT2D eigenvalue weighted by atomic mass is 35.5. The van der Waals surface area contributed by atoms with Gasteiger partial charge in [-0.15, -0.1) is 0 Å². The summed E-state index contributed by atoms with van der Waals surface area (Å²) in [4.78, 5) is 20.6. The number of hydroxylamine groups is 1. The zero-order valence-electron chi connectivity index (χ0n) is 9.57. The lowest BCUT2D eigenvalue weighted by Crippen LogP contribution is -2.18. The maximum atomic E-state index is 10.8. The van der Waals surface area contributed by atoms with E-state index in [2.05, 4.69) is 4.74 Å². The van der Waals surface area contributed by atoms with Crippen LogP contribution in [0.25, 0.3) is 0 Å². The molecule has 0 unspecified atom stereocenters. The Morgan fingerprint density at radius 2 is 2.00 bits per heavy atom. The molecule has 17 heavy (non-hydrogen) atoms. The highest BCUT2D eigenvalue weighted by Gasteiger charge is 2.06. The number of hydrogen-bond donors (Lipinski definition) is 2. The Hall–Kier alpha value is -1.59. The largest absolute Gasteiger partial charge is 0.466 e. The predicted molar refractivity (Wildman–Crippen MR) is 63.0 cm³/mol. The third-order valence-electron chi connectivity index (χ3n) is 1.57. The molecule has 0 aliphatic rings. The second-order valence-corrected chi connectivity index (χ2v) is 3.25. The Bertz CT molecular complexity index is 381. The maximum Gasteiger partial charge on any atom is 0.302 e. The summed E-state index contributed by atoms with van der Waals surface area (Å²) in [7, 11) is 0. The van der Waals surface area contributed by atoms with Crippen LogP contribution in [0.2, 0.25) is 5.02 Å². The molecule has 0 saturated carbocycles. The minimum absolute atomic E-state index is 0.211. The molecule has 0 bridgehead atoms. The van der Waals surface area contributed by atoms with E-state index in [4.69, 9.17) is 16.8 Å². The molecule has 2 N–H and O–H groups in total. The Kier molecular flexibility index (Phi) is 7.75. The number of carbonyl (C=O) groups is 2. The summed E-state index contributed by atoms with van der Waals surface area (Å²) in [5.74, 6) is -0.812. The lowest BCUT2D eigenvalue weighted by Gasteiger charge is -1.99. The lowest BCUT2D eigenvalue weighted by atomic mass is 10.2. The molecule has 0 fully saturated rings. The smallest absolute Gasteiger partial charge is 0.302 e. The SMILES string of the molecule is CCOC(C)=O.O=C(NO)c1ccccc1Cl.